The molecule has 8 nitrogen and oxygen atoms in total. The summed E-state index contributed by atoms with van der Waals surface area (Å²) >= 11 is 0. The summed E-state index contributed by atoms with van der Waals surface area (Å²) in [4.78, 5) is 35.0. The summed E-state index contributed by atoms with van der Waals surface area (Å²) in [5, 5.41) is 5.83. The van der Waals surface area contributed by atoms with Crippen LogP contribution in [0.15, 0.2) is 24.8 Å². The van der Waals surface area contributed by atoms with Crippen LogP contribution < -0.4 is 10.6 Å². The van der Waals surface area contributed by atoms with Gasteiger partial charge in [0.05, 0.1) is 18.8 Å². The third-order valence-corrected chi connectivity index (χ3v) is 4.95. The predicted molar refractivity (Wildman–Crippen MR) is 91.3 cm³/mol. The first-order chi connectivity index (χ1) is 12.0. The Morgan fingerprint density at radius 2 is 2.20 bits per heavy atom. The zero-order valence-electron chi connectivity index (χ0n) is 14.2. The number of fused-ring (bicyclic) bond motifs is 1. The monoisotopic (exact) mass is 340 g/mol. The number of anilines is 1. The van der Waals surface area contributed by atoms with Crippen LogP contribution in [0.5, 0.6) is 0 Å². The number of aromatic nitrogens is 3. The van der Waals surface area contributed by atoms with Crippen molar-refractivity contribution in [2.24, 2.45) is 7.05 Å². The molecule has 2 aromatic rings. The maximum atomic E-state index is 12.9. The van der Waals surface area contributed by atoms with Crippen LogP contribution in [0.25, 0.3) is 0 Å². The van der Waals surface area contributed by atoms with E-state index < -0.39 is 0 Å². The van der Waals surface area contributed by atoms with Gasteiger partial charge in [0.1, 0.15) is 5.82 Å². The third kappa shape index (κ3) is 2.78. The van der Waals surface area contributed by atoms with Crippen molar-refractivity contribution in [2.45, 2.75) is 18.4 Å². The molecule has 0 aliphatic carbocycles. The summed E-state index contributed by atoms with van der Waals surface area (Å²) in [7, 11) is 4.01. The molecule has 0 spiro atoms. The van der Waals surface area contributed by atoms with Crippen LogP contribution in [0.1, 0.15) is 27.5 Å². The number of nitrogens with one attached hydrogen (secondary N) is 2. The Kier molecular flexibility index (Phi) is 3.76. The highest BCUT2D eigenvalue weighted by atomic mass is 16.2. The van der Waals surface area contributed by atoms with Crippen LogP contribution in [0.4, 0.5) is 5.82 Å². The minimum absolute atomic E-state index is 0.0122. The fraction of sp³-hybridized carbons (Fsp3) is 0.412. The van der Waals surface area contributed by atoms with Crippen molar-refractivity contribution in [1.82, 2.24) is 24.8 Å². The van der Waals surface area contributed by atoms with Crippen LogP contribution in [0, 0.1) is 0 Å². The zero-order valence-corrected chi connectivity index (χ0v) is 14.2. The number of hydrogen-bond acceptors (Lipinski definition) is 5. The Balaban J connectivity index is 1.58. The van der Waals surface area contributed by atoms with Crippen molar-refractivity contribution in [2.75, 3.05) is 25.5 Å². The Labute approximate surface area is 145 Å². The van der Waals surface area contributed by atoms with Crippen LogP contribution in [-0.2, 0) is 18.3 Å². The largest absolute Gasteiger partial charge is 0.347 e. The molecule has 2 aliphatic heterocycles. The maximum Gasteiger partial charge on any atom is 0.252 e. The number of likely N-dealkylation sites (tertiary alicyclic amines) is 1. The molecule has 0 unspecified atom stereocenters. The molecule has 25 heavy (non-hydrogen) atoms. The molecule has 2 N–H and O–H groups in total. The molecule has 8 heteroatoms. The van der Waals surface area contributed by atoms with E-state index in [1.54, 1.807) is 18.6 Å². The summed E-state index contributed by atoms with van der Waals surface area (Å²) in [5.74, 6) is 0.374. The minimum Gasteiger partial charge on any atom is -0.347 e. The van der Waals surface area contributed by atoms with Crippen molar-refractivity contribution < 1.29 is 9.59 Å². The lowest BCUT2D eigenvalue weighted by Gasteiger charge is -2.20. The number of imidazole rings is 1. The fourth-order valence-corrected chi connectivity index (χ4v) is 3.75. The second-order valence-corrected chi connectivity index (χ2v) is 6.75. The van der Waals surface area contributed by atoms with Gasteiger partial charge in [-0.3, -0.25) is 9.59 Å². The van der Waals surface area contributed by atoms with Gasteiger partial charge in [0.25, 0.3) is 5.91 Å². The van der Waals surface area contributed by atoms with E-state index in [1.807, 2.05) is 24.9 Å². The number of hydrogen-bond donors (Lipinski definition) is 2. The lowest BCUT2D eigenvalue weighted by molar-refractivity contribution is -0.115. The van der Waals surface area contributed by atoms with Crippen LogP contribution in [0.2, 0.25) is 0 Å². The molecular weight excluding hydrogens is 320 g/mol. The Morgan fingerprint density at radius 3 is 2.96 bits per heavy atom. The molecule has 4 heterocycles. The molecule has 0 bridgehead atoms. The average molecular weight is 340 g/mol. The van der Waals surface area contributed by atoms with Crippen LogP contribution in [0.3, 0.4) is 0 Å². The van der Waals surface area contributed by atoms with Crippen molar-refractivity contribution in [3.63, 3.8) is 0 Å². The highest BCUT2D eigenvalue weighted by Crippen LogP contribution is 2.28. The van der Waals surface area contributed by atoms with Crippen molar-refractivity contribution >= 4 is 17.6 Å². The van der Waals surface area contributed by atoms with E-state index in [-0.39, 0.29) is 30.2 Å². The molecule has 130 valence electrons. The Bertz CT molecular complexity index is 845. The summed E-state index contributed by atoms with van der Waals surface area (Å²) < 4.78 is 2.00. The molecule has 2 aromatic heterocycles. The number of amides is 2. The van der Waals surface area contributed by atoms with E-state index in [4.69, 9.17) is 0 Å². The average Bonchev–Trinajstić information content (AvgIpc) is 3.24. The molecule has 0 radical (unpaired) electrons. The number of likely N-dealkylation sites (N-methyl/N-ethyl adjacent to an activating group) is 1. The summed E-state index contributed by atoms with van der Waals surface area (Å²) in [6.07, 6.45) is 5.38. The molecule has 0 aromatic carbocycles. The first-order valence-electron chi connectivity index (χ1n) is 8.26. The van der Waals surface area contributed by atoms with Gasteiger partial charge in [-0.05, 0) is 13.1 Å². The van der Waals surface area contributed by atoms with Gasteiger partial charge in [-0.15, -0.1) is 0 Å². The van der Waals surface area contributed by atoms with Gasteiger partial charge in [-0.1, -0.05) is 0 Å². The highest BCUT2D eigenvalue weighted by molar-refractivity contribution is 6.04. The maximum absolute atomic E-state index is 12.9. The lowest BCUT2D eigenvalue weighted by atomic mass is 9.99. The first-order valence-corrected chi connectivity index (χ1v) is 8.26. The van der Waals surface area contributed by atoms with Gasteiger partial charge in [-0.2, -0.15) is 0 Å². The normalized spacial score (nSPS) is 22.7. The zero-order chi connectivity index (χ0) is 17.6. The second kappa shape index (κ2) is 5.96. The topological polar surface area (TPSA) is 92.2 Å². The quantitative estimate of drug-likeness (QED) is 0.829. The molecule has 2 amide bonds. The Morgan fingerprint density at radius 1 is 1.36 bits per heavy atom. The van der Waals surface area contributed by atoms with E-state index >= 15 is 0 Å². The molecule has 1 fully saturated rings. The minimum atomic E-state index is -0.164. The van der Waals surface area contributed by atoms with E-state index in [1.165, 1.54) is 0 Å². The summed E-state index contributed by atoms with van der Waals surface area (Å²) in [6, 6.07) is 1.66. The number of carbonyl (C=O) groups excluding carboxylic acids is 2. The van der Waals surface area contributed by atoms with E-state index in [9.17, 15) is 9.59 Å². The van der Waals surface area contributed by atoms with Gasteiger partial charge < -0.3 is 20.1 Å². The van der Waals surface area contributed by atoms with Crippen LogP contribution in [-0.4, -0.2) is 57.4 Å². The number of nitrogens with zero attached hydrogens (tertiary/aromatic N) is 4. The van der Waals surface area contributed by atoms with E-state index in [0.29, 0.717) is 16.9 Å². The first kappa shape index (κ1) is 15.8. The van der Waals surface area contributed by atoms with Gasteiger partial charge in [0.15, 0.2) is 0 Å². The predicted octanol–water partition coefficient (Wildman–Crippen LogP) is 0.137. The SMILES string of the molecule is CN1C[C@@H](NC(=O)c2ccnc3c2CC(=O)N3)[C@H](c2cncn2C)C1. The smallest absolute Gasteiger partial charge is 0.252 e. The molecule has 0 saturated carbocycles. The summed E-state index contributed by atoms with van der Waals surface area (Å²) in [6.45, 7) is 1.63. The van der Waals surface area contributed by atoms with Crippen molar-refractivity contribution in [3.05, 3.63) is 41.6 Å². The van der Waals surface area contributed by atoms with Gasteiger partial charge >= 0.3 is 0 Å². The Hall–Kier alpha value is -2.74. The second-order valence-electron chi connectivity index (χ2n) is 6.75. The number of carbonyl (C=O) groups is 2. The molecule has 2 aliphatic rings. The molecular formula is C17H20N6O2. The molecule has 2 atom stereocenters. The summed E-state index contributed by atoms with van der Waals surface area (Å²) in [5.41, 5.74) is 2.29. The van der Waals surface area contributed by atoms with Crippen molar-refractivity contribution in [1.29, 1.82) is 0 Å². The fourth-order valence-electron chi connectivity index (χ4n) is 3.75. The number of rotatable bonds is 3. The van der Waals surface area contributed by atoms with Crippen molar-refractivity contribution in [3.8, 4) is 0 Å². The lowest BCUT2D eigenvalue weighted by Crippen LogP contribution is -2.40. The van der Waals surface area contributed by atoms with Gasteiger partial charge in [-0.25, -0.2) is 9.97 Å². The van der Waals surface area contributed by atoms with E-state index in [0.717, 1.165) is 18.8 Å². The standard InChI is InChI=1S/C17H20N6O2/c1-22-7-12(14-6-18-9-23(14)2)13(8-22)20-17(25)10-3-4-19-16-11(10)5-15(24)21-16/h3-4,6,9,12-13H,5,7-8H2,1-2H3,(H,20,25)(H,19,21,24)/t12-,13-/m1/s1. The number of aryl methyl sites for hydroxylation is 1. The van der Waals surface area contributed by atoms with Crippen LogP contribution >= 0.6 is 0 Å². The molecule has 4 rings (SSSR count). The third-order valence-electron chi connectivity index (χ3n) is 4.95. The number of pyridine rings is 1. The van der Waals surface area contributed by atoms with Gasteiger partial charge in [0.2, 0.25) is 5.91 Å². The van der Waals surface area contributed by atoms with Gasteiger partial charge in [0, 0.05) is 55.3 Å². The highest BCUT2D eigenvalue weighted by Gasteiger charge is 2.35. The van der Waals surface area contributed by atoms with E-state index in [2.05, 4.69) is 25.5 Å². The molecule has 1 saturated heterocycles.